The quantitative estimate of drug-likeness (QED) is 0.662. The molecule has 0 saturated carbocycles. The predicted octanol–water partition coefficient (Wildman–Crippen LogP) is 5.09. The number of aromatic nitrogens is 3. The van der Waals surface area contributed by atoms with Crippen molar-refractivity contribution in [2.24, 2.45) is 0 Å². The average Bonchev–Trinajstić information content (AvgIpc) is 3.03. The molecule has 0 aliphatic carbocycles. The van der Waals surface area contributed by atoms with Crippen molar-refractivity contribution in [3.63, 3.8) is 0 Å². The molecule has 0 atom stereocenters. The molecule has 0 unspecified atom stereocenters. The van der Waals surface area contributed by atoms with E-state index in [-0.39, 0.29) is 5.91 Å². The van der Waals surface area contributed by atoms with Gasteiger partial charge in [-0.15, -0.1) is 5.10 Å². The van der Waals surface area contributed by atoms with Crippen LogP contribution in [-0.4, -0.2) is 20.9 Å². The van der Waals surface area contributed by atoms with E-state index >= 15 is 0 Å². The van der Waals surface area contributed by atoms with E-state index in [2.05, 4.69) is 15.6 Å². The fourth-order valence-electron chi connectivity index (χ4n) is 2.64. The number of nitrogens with zero attached hydrogens (tertiary/aromatic N) is 3. The summed E-state index contributed by atoms with van der Waals surface area (Å²) in [5, 5.41) is 12.4. The van der Waals surface area contributed by atoms with Crippen molar-refractivity contribution in [2.45, 2.75) is 26.7 Å². The molecule has 0 radical (unpaired) electrons. The number of rotatable bonds is 5. The third-order valence-corrected chi connectivity index (χ3v) is 4.63. The first-order valence-electron chi connectivity index (χ1n) is 8.27. The molecule has 3 aromatic rings. The second-order valence-electron chi connectivity index (χ2n) is 5.94. The Balaban J connectivity index is 1.92. The largest absolute Gasteiger partial charge is 0.321 e. The monoisotopic (exact) mass is 388 g/mol. The van der Waals surface area contributed by atoms with Gasteiger partial charge in [0.1, 0.15) is 0 Å². The standard InChI is InChI=1S/C19H18Cl2N4O/c1-3-4-17-18(19(26)22-14-7-10-16(21)12(2)11-14)23-24-25(17)15-8-5-13(20)6-9-15/h5-11H,3-4H2,1-2H3,(H,22,26). The van der Waals surface area contributed by atoms with Crippen LogP contribution in [-0.2, 0) is 6.42 Å². The first-order valence-corrected chi connectivity index (χ1v) is 9.03. The average molecular weight is 389 g/mol. The van der Waals surface area contributed by atoms with E-state index in [0.29, 0.717) is 27.8 Å². The van der Waals surface area contributed by atoms with Crippen molar-refractivity contribution in [3.8, 4) is 5.69 Å². The molecule has 1 aromatic heterocycles. The molecule has 1 heterocycles. The van der Waals surface area contributed by atoms with Crippen LogP contribution in [0.2, 0.25) is 10.0 Å². The molecule has 5 nitrogen and oxygen atoms in total. The van der Waals surface area contributed by atoms with Crippen molar-refractivity contribution in [3.05, 3.63) is 69.5 Å². The summed E-state index contributed by atoms with van der Waals surface area (Å²) >= 11 is 12.0. The molecule has 0 saturated heterocycles. The van der Waals surface area contributed by atoms with Crippen molar-refractivity contribution in [1.29, 1.82) is 0 Å². The predicted molar refractivity (Wildman–Crippen MR) is 105 cm³/mol. The fraction of sp³-hybridized carbons (Fsp3) is 0.211. The lowest BCUT2D eigenvalue weighted by molar-refractivity contribution is 0.102. The van der Waals surface area contributed by atoms with Crippen LogP contribution in [0.3, 0.4) is 0 Å². The number of hydrogen-bond donors (Lipinski definition) is 1. The van der Waals surface area contributed by atoms with Crippen molar-refractivity contribution in [2.75, 3.05) is 5.32 Å². The molecule has 1 N–H and O–H groups in total. The maximum absolute atomic E-state index is 12.7. The van der Waals surface area contributed by atoms with E-state index in [9.17, 15) is 4.79 Å². The Kier molecular flexibility index (Phi) is 5.59. The normalized spacial score (nSPS) is 10.8. The second-order valence-corrected chi connectivity index (χ2v) is 6.78. The summed E-state index contributed by atoms with van der Waals surface area (Å²) in [6.07, 6.45) is 1.54. The summed E-state index contributed by atoms with van der Waals surface area (Å²) in [7, 11) is 0. The van der Waals surface area contributed by atoms with Crippen LogP contribution in [0, 0.1) is 6.92 Å². The van der Waals surface area contributed by atoms with E-state index in [0.717, 1.165) is 23.4 Å². The minimum Gasteiger partial charge on any atom is -0.321 e. The van der Waals surface area contributed by atoms with Crippen LogP contribution in [0.4, 0.5) is 5.69 Å². The van der Waals surface area contributed by atoms with Crippen LogP contribution < -0.4 is 5.32 Å². The number of carbonyl (C=O) groups excluding carboxylic acids is 1. The van der Waals surface area contributed by atoms with Gasteiger partial charge in [0.2, 0.25) is 0 Å². The number of nitrogens with one attached hydrogen (secondary N) is 1. The molecule has 0 aliphatic heterocycles. The number of amides is 1. The topological polar surface area (TPSA) is 59.8 Å². The zero-order chi connectivity index (χ0) is 18.7. The molecule has 0 aliphatic rings. The lowest BCUT2D eigenvalue weighted by atomic mass is 10.1. The van der Waals surface area contributed by atoms with Crippen LogP contribution in [0.25, 0.3) is 5.69 Å². The van der Waals surface area contributed by atoms with E-state index in [1.54, 1.807) is 28.9 Å². The Morgan fingerprint density at radius 1 is 1.15 bits per heavy atom. The Morgan fingerprint density at radius 3 is 2.54 bits per heavy atom. The second kappa shape index (κ2) is 7.89. The summed E-state index contributed by atoms with van der Waals surface area (Å²) in [5.74, 6) is -0.296. The van der Waals surface area contributed by atoms with E-state index in [4.69, 9.17) is 23.2 Å². The van der Waals surface area contributed by atoms with Gasteiger partial charge in [-0.05, 0) is 61.4 Å². The van der Waals surface area contributed by atoms with Crippen LogP contribution in [0.15, 0.2) is 42.5 Å². The van der Waals surface area contributed by atoms with Gasteiger partial charge in [-0.3, -0.25) is 4.79 Å². The molecule has 2 aromatic carbocycles. The van der Waals surface area contributed by atoms with Crippen LogP contribution in [0.1, 0.15) is 35.1 Å². The molecular formula is C19H18Cl2N4O. The smallest absolute Gasteiger partial charge is 0.278 e. The molecule has 3 rings (SSSR count). The van der Waals surface area contributed by atoms with Crippen molar-refractivity contribution >= 4 is 34.8 Å². The summed E-state index contributed by atoms with van der Waals surface area (Å²) in [5.41, 5.74) is 3.45. The maximum Gasteiger partial charge on any atom is 0.278 e. The Hall–Kier alpha value is -2.37. The Bertz CT molecular complexity index is 935. The van der Waals surface area contributed by atoms with Gasteiger partial charge in [0, 0.05) is 15.7 Å². The van der Waals surface area contributed by atoms with Gasteiger partial charge in [0.15, 0.2) is 5.69 Å². The van der Waals surface area contributed by atoms with E-state index in [1.807, 2.05) is 32.0 Å². The summed E-state index contributed by atoms with van der Waals surface area (Å²) in [6, 6.07) is 12.6. The van der Waals surface area contributed by atoms with Crippen LogP contribution >= 0.6 is 23.2 Å². The molecule has 7 heteroatoms. The highest BCUT2D eigenvalue weighted by atomic mass is 35.5. The maximum atomic E-state index is 12.7. The number of carbonyl (C=O) groups is 1. The van der Waals surface area contributed by atoms with Gasteiger partial charge < -0.3 is 5.32 Å². The third kappa shape index (κ3) is 3.89. The van der Waals surface area contributed by atoms with E-state index < -0.39 is 0 Å². The molecule has 0 fully saturated rings. The molecule has 26 heavy (non-hydrogen) atoms. The highest BCUT2D eigenvalue weighted by Gasteiger charge is 2.20. The summed E-state index contributed by atoms with van der Waals surface area (Å²) < 4.78 is 1.68. The van der Waals surface area contributed by atoms with Crippen LogP contribution in [0.5, 0.6) is 0 Å². The highest BCUT2D eigenvalue weighted by Crippen LogP contribution is 2.21. The SMILES string of the molecule is CCCc1c(C(=O)Nc2ccc(Cl)c(C)c2)nnn1-c1ccc(Cl)cc1. The van der Waals surface area contributed by atoms with Crippen molar-refractivity contribution in [1.82, 2.24) is 15.0 Å². The number of halogens is 2. The molecule has 0 spiro atoms. The first kappa shape index (κ1) is 18.4. The zero-order valence-electron chi connectivity index (χ0n) is 14.5. The molecular weight excluding hydrogens is 371 g/mol. The van der Waals surface area contributed by atoms with Gasteiger partial charge in [-0.25, -0.2) is 4.68 Å². The lowest BCUT2D eigenvalue weighted by Crippen LogP contribution is -2.15. The minimum atomic E-state index is -0.296. The highest BCUT2D eigenvalue weighted by molar-refractivity contribution is 6.31. The first-order chi connectivity index (χ1) is 12.5. The minimum absolute atomic E-state index is 0.296. The van der Waals surface area contributed by atoms with Gasteiger partial charge in [-0.1, -0.05) is 41.8 Å². The zero-order valence-corrected chi connectivity index (χ0v) is 16.0. The van der Waals surface area contributed by atoms with Gasteiger partial charge in [0.05, 0.1) is 11.4 Å². The summed E-state index contributed by atoms with van der Waals surface area (Å²) in [4.78, 5) is 12.7. The summed E-state index contributed by atoms with van der Waals surface area (Å²) in [6.45, 7) is 3.93. The molecule has 0 bridgehead atoms. The molecule has 1 amide bonds. The number of benzene rings is 2. The fourth-order valence-corrected chi connectivity index (χ4v) is 2.89. The molecule has 134 valence electrons. The Morgan fingerprint density at radius 2 is 1.88 bits per heavy atom. The number of aryl methyl sites for hydroxylation is 1. The third-order valence-electron chi connectivity index (χ3n) is 3.95. The number of anilines is 1. The van der Waals surface area contributed by atoms with Gasteiger partial charge >= 0.3 is 0 Å². The van der Waals surface area contributed by atoms with Gasteiger partial charge in [0.25, 0.3) is 5.91 Å². The van der Waals surface area contributed by atoms with E-state index in [1.165, 1.54) is 0 Å². The van der Waals surface area contributed by atoms with Crippen molar-refractivity contribution < 1.29 is 4.79 Å². The number of hydrogen-bond acceptors (Lipinski definition) is 3. The lowest BCUT2D eigenvalue weighted by Gasteiger charge is -2.09. The van der Waals surface area contributed by atoms with Gasteiger partial charge in [-0.2, -0.15) is 0 Å². The Labute approximate surface area is 161 Å².